The van der Waals surface area contributed by atoms with Crippen molar-refractivity contribution >= 4 is 35.1 Å². The molecular weight excluding hydrogens is 351 g/mol. The van der Waals surface area contributed by atoms with E-state index in [9.17, 15) is 4.79 Å². The number of ketones is 1. The molecular formula is C18H16Cl2O4. The molecule has 0 amide bonds. The van der Waals surface area contributed by atoms with E-state index < -0.39 is 0 Å². The molecule has 0 radical (unpaired) electrons. The van der Waals surface area contributed by atoms with Gasteiger partial charge >= 0.3 is 0 Å². The minimum absolute atomic E-state index is 0.266. The number of halogens is 2. The summed E-state index contributed by atoms with van der Waals surface area (Å²) in [4.78, 5) is 12.6. The molecule has 0 aliphatic heterocycles. The SMILES string of the molecule is COc1cc(OC)c(C(=O)/C=C/c2ccc(Cl)c(Cl)c2)c(OC)c1. The Morgan fingerprint density at radius 3 is 2.04 bits per heavy atom. The van der Waals surface area contributed by atoms with Gasteiger partial charge in [-0.3, -0.25) is 4.79 Å². The molecule has 0 N–H and O–H groups in total. The Balaban J connectivity index is 2.38. The third-order valence-electron chi connectivity index (χ3n) is 3.33. The first-order valence-electron chi connectivity index (χ1n) is 6.97. The Morgan fingerprint density at radius 1 is 0.917 bits per heavy atom. The minimum atomic E-state index is -0.266. The third-order valence-corrected chi connectivity index (χ3v) is 4.07. The molecule has 0 heterocycles. The maximum Gasteiger partial charge on any atom is 0.193 e. The molecule has 24 heavy (non-hydrogen) atoms. The zero-order valence-electron chi connectivity index (χ0n) is 13.4. The number of carbonyl (C=O) groups is 1. The molecule has 2 aromatic rings. The van der Waals surface area contributed by atoms with E-state index in [-0.39, 0.29) is 5.78 Å². The van der Waals surface area contributed by atoms with Gasteiger partial charge in [0.05, 0.1) is 31.4 Å². The largest absolute Gasteiger partial charge is 0.496 e. The van der Waals surface area contributed by atoms with Crippen molar-refractivity contribution in [1.29, 1.82) is 0 Å². The smallest absolute Gasteiger partial charge is 0.193 e. The second-order valence-corrected chi connectivity index (χ2v) is 5.59. The van der Waals surface area contributed by atoms with Crippen molar-refractivity contribution in [2.45, 2.75) is 0 Å². The van der Waals surface area contributed by atoms with E-state index in [2.05, 4.69) is 0 Å². The van der Waals surface area contributed by atoms with Gasteiger partial charge in [0.2, 0.25) is 0 Å². The van der Waals surface area contributed by atoms with E-state index >= 15 is 0 Å². The van der Waals surface area contributed by atoms with Crippen LogP contribution in [0.1, 0.15) is 15.9 Å². The molecule has 0 saturated carbocycles. The molecule has 0 fully saturated rings. The molecule has 126 valence electrons. The average Bonchev–Trinajstić information content (AvgIpc) is 2.61. The first-order valence-corrected chi connectivity index (χ1v) is 7.73. The van der Waals surface area contributed by atoms with Crippen LogP contribution in [0.2, 0.25) is 10.0 Å². The van der Waals surface area contributed by atoms with E-state index in [4.69, 9.17) is 37.4 Å². The number of methoxy groups -OCH3 is 3. The fourth-order valence-electron chi connectivity index (χ4n) is 2.12. The summed E-state index contributed by atoms with van der Waals surface area (Å²) >= 11 is 11.8. The molecule has 0 atom stereocenters. The lowest BCUT2D eigenvalue weighted by Crippen LogP contribution is -2.03. The van der Waals surface area contributed by atoms with Gasteiger partial charge < -0.3 is 14.2 Å². The van der Waals surface area contributed by atoms with Crippen LogP contribution in [0.15, 0.2) is 36.4 Å². The zero-order chi connectivity index (χ0) is 17.7. The summed E-state index contributed by atoms with van der Waals surface area (Å²) < 4.78 is 15.7. The maximum atomic E-state index is 12.6. The summed E-state index contributed by atoms with van der Waals surface area (Å²) in [6.07, 6.45) is 3.07. The van der Waals surface area contributed by atoms with Gasteiger partial charge in [-0.1, -0.05) is 35.3 Å². The minimum Gasteiger partial charge on any atom is -0.496 e. The summed E-state index contributed by atoms with van der Waals surface area (Å²) in [6, 6.07) is 8.37. The maximum absolute atomic E-state index is 12.6. The quantitative estimate of drug-likeness (QED) is 0.537. The van der Waals surface area contributed by atoms with Crippen molar-refractivity contribution in [2.24, 2.45) is 0 Å². The van der Waals surface area contributed by atoms with Crippen LogP contribution in [-0.4, -0.2) is 27.1 Å². The van der Waals surface area contributed by atoms with Crippen molar-refractivity contribution in [3.8, 4) is 17.2 Å². The number of carbonyl (C=O) groups excluding carboxylic acids is 1. The highest BCUT2D eigenvalue weighted by Crippen LogP contribution is 2.34. The van der Waals surface area contributed by atoms with Crippen molar-refractivity contribution in [3.05, 3.63) is 57.6 Å². The van der Waals surface area contributed by atoms with Crippen molar-refractivity contribution in [2.75, 3.05) is 21.3 Å². The first-order chi connectivity index (χ1) is 11.5. The molecule has 0 aromatic heterocycles. The zero-order valence-corrected chi connectivity index (χ0v) is 14.9. The Hall–Kier alpha value is -2.17. The highest BCUT2D eigenvalue weighted by atomic mass is 35.5. The molecule has 0 bridgehead atoms. The Labute approximate surface area is 150 Å². The second-order valence-electron chi connectivity index (χ2n) is 4.78. The van der Waals surface area contributed by atoms with Gasteiger partial charge in [0.1, 0.15) is 22.8 Å². The number of allylic oxidation sites excluding steroid dienone is 1. The van der Waals surface area contributed by atoms with E-state index in [1.807, 2.05) is 0 Å². The van der Waals surface area contributed by atoms with Crippen LogP contribution in [0.3, 0.4) is 0 Å². The van der Waals surface area contributed by atoms with Crippen LogP contribution in [0.4, 0.5) is 0 Å². The Bertz CT molecular complexity index is 760. The number of hydrogen-bond donors (Lipinski definition) is 0. The third kappa shape index (κ3) is 4.02. The summed E-state index contributed by atoms with van der Waals surface area (Å²) in [7, 11) is 4.49. The predicted octanol–water partition coefficient (Wildman–Crippen LogP) is 4.92. The molecule has 0 unspecified atom stereocenters. The fourth-order valence-corrected chi connectivity index (χ4v) is 2.43. The summed E-state index contributed by atoms with van der Waals surface area (Å²) in [5.41, 5.74) is 1.07. The monoisotopic (exact) mass is 366 g/mol. The van der Waals surface area contributed by atoms with Gasteiger partial charge in [-0.15, -0.1) is 0 Å². The number of benzene rings is 2. The molecule has 0 aliphatic carbocycles. The van der Waals surface area contributed by atoms with Crippen molar-refractivity contribution in [3.63, 3.8) is 0 Å². The van der Waals surface area contributed by atoms with E-state index in [0.717, 1.165) is 5.56 Å². The van der Waals surface area contributed by atoms with Crippen LogP contribution in [0, 0.1) is 0 Å². The van der Waals surface area contributed by atoms with Crippen molar-refractivity contribution in [1.82, 2.24) is 0 Å². The number of hydrogen-bond acceptors (Lipinski definition) is 4. The van der Waals surface area contributed by atoms with Crippen LogP contribution in [0.25, 0.3) is 6.08 Å². The van der Waals surface area contributed by atoms with Gasteiger partial charge in [0.25, 0.3) is 0 Å². The van der Waals surface area contributed by atoms with Crippen molar-refractivity contribution < 1.29 is 19.0 Å². The number of ether oxygens (including phenoxy) is 3. The van der Waals surface area contributed by atoms with Crippen LogP contribution >= 0.6 is 23.2 Å². The highest BCUT2D eigenvalue weighted by Gasteiger charge is 2.18. The lowest BCUT2D eigenvalue weighted by Gasteiger charge is -2.13. The van der Waals surface area contributed by atoms with Crippen LogP contribution in [-0.2, 0) is 0 Å². The van der Waals surface area contributed by atoms with Gasteiger partial charge in [-0.05, 0) is 23.8 Å². The predicted molar refractivity (Wildman–Crippen MR) is 95.9 cm³/mol. The second kappa shape index (κ2) is 8.08. The molecule has 6 heteroatoms. The van der Waals surface area contributed by atoms with Gasteiger partial charge in [0.15, 0.2) is 5.78 Å². The summed E-state index contributed by atoms with van der Waals surface area (Å²) in [6.45, 7) is 0. The Morgan fingerprint density at radius 2 is 1.54 bits per heavy atom. The molecule has 2 aromatic carbocycles. The summed E-state index contributed by atoms with van der Waals surface area (Å²) in [5.74, 6) is 1.01. The Kier molecular flexibility index (Phi) is 6.12. The topological polar surface area (TPSA) is 44.8 Å². The lowest BCUT2D eigenvalue weighted by atomic mass is 10.1. The van der Waals surface area contributed by atoms with Gasteiger partial charge in [-0.25, -0.2) is 0 Å². The summed E-state index contributed by atoms with van der Waals surface area (Å²) in [5, 5.41) is 0.879. The van der Waals surface area contributed by atoms with Gasteiger partial charge in [-0.2, -0.15) is 0 Å². The normalized spacial score (nSPS) is 10.7. The molecule has 0 aliphatic rings. The van der Waals surface area contributed by atoms with E-state index in [1.54, 1.807) is 36.4 Å². The molecule has 4 nitrogen and oxygen atoms in total. The first kappa shape index (κ1) is 18.2. The molecule has 0 spiro atoms. The number of rotatable bonds is 6. The average molecular weight is 367 g/mol. The standard InChI is InChI=1S/C18H16Cl2O4/c1-22-12-9-16(23-2)18(17(10-12)24-3)15(21)7-5-11-4-6-13(19)14(20)8-11/h4-10H,1-3H3/b7-5+. The fraction of sp³-hybridized carbons (Fsp3) is 0.167. The highest BCUT2D eigenvalue weighted by molar-refractivity contribution is 6.42. The molecule has 0 saturated heterocycles. The van der Waals surface area contributed by atoms with E-state index in [0.29, 0.717) is 32.9 Å². The van der Waals surface area contributed by atoms with Gasteiger partial charge in [0, 0.05) is 12.1 Å². The lowest BCUT2D eigenvalue weighted by molar-refractivity contribution is 0.104. The van der Waals surface area contributed by atoms with Crippen LogP contribution < -0.4 is 14.2 Å². The molecule has 2 rings (SSSR count). The van der Waals surface area contributed by atoms with Crippen LogP contribution in [0.5, 0.6) is 17.2 Å². The van der Waals surface area contributed by atoms with E-state index in [1.165, 1.54) is 27.4 Å².